The molecular formula is C21H23N3O5S2. The van der Waals surface area contributed by atoms with E-state index in [1.165, 1.54) is 28.4 Å². The molecule has 1 N–H and O–H groups in total. The van der Waals surface area contributed by atoms with Gasteiger partial charge >= 0.3 is 0 Å². The molecule has 0 unspecified atom stereocenters. The van der Waals surface area contributed by atoms with E-state index < -0.39 is 9.84 Å². The molecule has 1 aliphatic heterocycles. The third-order valence-electron chi connectivity index (χ3n) is 5.82. The first kappa shape index (κ1) is 21.6. The zero-order chi connectivity index (χ0) is 22.2. The third kappa shape index (κ3) is 4.54. The van der Waals surface area contributed by atoms with Crippen molar-refractivity contribution in [2.24, 2.45) is 11.8 Å². The third-order valence-corrected chi connectivity index (χ3v) is 7.71. The zero-order valence-electron chi connectivity index (χ0n) is 17.0. The summed E-state index contributed by atoms with van der Waals surface area (Å²) in [5, 5.41) is 4.88. The van der Waals surface area contributed by atoms with Crippen LogP contribution in [0.2, 0.25) is 0 Å². The van der Waals surface area contributed by atoms with E-state index in [4.69, 9.17) is 0 Å². The summed E-state index contributed by atoms with van der Waals surface area (Å²) in [7, 11) is -3.27. The molecule has 10 heteroatoms. The summed E-state index contributed by atoms with van der Waals surface area (Å²) >= 11 is 1.25. The molecule has 1 aliphatic carbocycles. The predicted molar refractivity (Wildman–Crippen MR) is 116 cm³/mol. The van der Waals surface area contributed by atoms with Crippen LogP contribution in [0.25, 0.3) is 11.3 Å². The van der Waals surface area contributed by atoms with E-state index in [0.29, 0.717) is 10.8 Å². The monoisotopic (exact) mass is 461 g/mol. The predicted octanol–water partition coefficient (Wildman–Crippen LogP) is 2.72. The molecule has 2 aliphatic rings. The molecule has 2 aromatic rings. The number of carbonyl (C=O) groups excluding carboxylic acids is 3. The van der Waals surface area contributed by atoms with Gasteiger partial charge in [-0.25, -0.2) is 13.4 Å². The van der Waals surface area contributed by atoms with Gasteiger partial charge in [-0.15, -0.1) is 11.3 Å². The average Bonchev–Trinajstić information content (AvgIpc) is 3.30. The Hall–Kier alpha value is -2.59. The Bertz CT molecular complexity index is 1100. The first-order valence-electron chi connectivity index (χ1n) is 10.1. The number of imide groups is 1. The lowest BCUT2D eigenvalue weighted by Gasteiger charge is -2.19. The highest BCUT2D eigenvalue weighted by molar-refractivity contribution is 7.90. The second-order valence-corrected chi connectivity index (χ2v) is 10.8. The summed E-state index contributed by atoms with van der Waals surface area (Å²) in [5.74, 6) is -1.02. The Labute approximate surface area is 184 Å². The number of amides is 3. The topological polar surface area (TPSA) is 114 Å². The summed E-state index contributed by atoms with van der Waals surface area (Å²) in [6.07, 6.45) is 4.62. The van der Waals surface area contributed by atoms with Crippen molar-refractivity contribution in [2.45, 2.75) is 37.0 Å². The van der Waals surface area contributed by atoms with E-state index in [1.54, 1.807) is 17.5 Å². The summed E-state index contributed by atoms with van der Waals surface area (Å²) in [6, 6.07) is 6.37. The molecule has 4 rings (SSSR count). The van der Waals surface area contributed by atoms with Crippen LogP contribution in [0.4, 0.5) is 5.13 Å². The molecule has 1 saturated carbocycles. The standard InChI is InChI=1S/C21H23N3O5S2/c1-31(28,29)14-8-6-13(7-9-14)17-12-30-21(22-17)23-18(25)10-11-24-19(26)15-4-2-3-5-16(15)20(24)27/h6-9,12,15-16H,2-5,10-11H2,1H3,(H,22,23,25)/t15-,16+. The van der Waals surface area contributed by atoms with Crippen molar-refractivity contribution in [1.29, 1.82) is 0 Å². The minimum Gasteiger partial charge on any atom is -0.302 e. The highest BCUT2D eigenvalue weighted by Crippen LogP contribution is 2.38. The maximum atomic E-state index is 12.5. The molecule has 31 heavy (non-hydrogen) atoms. The number of carbonyl (C=O) groups is 3. The average molecular weight is 462 g/mol. The van der Waals surface area contributed by atoms with Crippen molar-refractivity contribution < 1.29 is 22.8 Å². The largest absolute Gasteiger partial charge is 0.302 e. The lowest BCUT2D eigenvalue weighted by molar-refractivity contribution is -0.140. The van der Waals surface area contributed by atoms with Gasteiger partial charge in [0.25, 0.3) is 0 Å². The number of nitrogens with one attached hydrogen (secondary N) is 1. The highest BCUT2D eigenvalue weighted by Gasteiger charge is 2.47. The highest BCUT2D eigenvalue weighted by atomic mass is 32.2. The second kappa shape index (κ2) is 8.51. The Morgan fingerprint density at radius 3 is 2.32 bits per heavy atom. The van der Waals surface area contributed by atoms with Crippen LogP contribution in [-0.2, 0) is 24.2 Å². The molecular weight excluding hydrogens is 438 g/mol. The van der Waals surface area contributed by atoms with Gasteiger partial charge in [-0.05, 0) is 25.0 Å². The number of likely N-dealkylation sites (tertiary alicyclic amines) is 1. The number of nitrogens with zero attached hydrogens (tertiary/aromatic N) is 2. The number of thiazole rings is 1. The van der Waals surface area contributed by atoms with Crippen molar-refractivity contribution in [3.05, 3.63) is 29.6 Å². The summed E-state index contributed by atoms with van der Waals surface area (Å²) in [4.78, 5) is 43.2. The van der Waals surface area contributed by atoms with Gasteiger partial charge in [-0.2, -0.15) is 0 Å². The molecule has 3 amide bonds. The van der Waals surface area contributed by atoms with Gasteiger partial charge < -0.3 is 5.32 Å². The van der Waals surface area contributed by atoms with Crippen LogP contribution in [0.15, 0.2) is 34.5 Å². The molecule has 164 valence electrons. The number of anilines is 1. The lowest BCUT2D eigenvalue weighted by Crippen LogP contribution is -2.34. The van der Waals surface area contributed by atoms with Gasteiger partial charge in [-0.1, -0.05) is 25.0 Å². The van der Waals surface area contributed by atoms with Crippen LogP contribution in [0.1, 0.15) is 32.1 Å². The fourth-order valence-corrected chi connectivity index (χ4v) is 5.55. The Morgan fingerprint density at radius 2 is 1.74 bits per heavy atom. The number of hydrogen-bond acceptors (Lipinski definition) is 7. The van der Waals surface area contributed by atoms with Crippen LogP contribution < -0.4 is 5.32 Å². The van der Waals surface area contributed by atoms with E-state index in [9.17, 15) is 22.8 Å². The summed E-state index contributed by atoms with van der Waals surface area (Å²) in [6.45, 7) is 0.0850. The van der Waals surface area contributed by atoms with Crippen LogP contribution in [-0.4, -0.2) is 48.8 Å². The minimum atomic E-state index is -3.27. The van der Waals surface area contributed by atoms with Gasteiger partial charge in [0, 0.05) is 30.2 Å². The molecule has 8 nitrogen and oxygen atoms in total. The summed E-state index contributed by atoms with van der Waals surface area (Å²) in [5.41, 5.74) is 1.36. The van der Waals surface area contributed by atoms with Crippen molar-refractivity contribution in [3.8, 4) is 11.3 Å². The van der Waals surface area contributed by atoms with Gasteiger partial charge in [0.1, 0.15) is 0 Å². The van der Waals surface area contributed by atoms with Gasteiger partial charge in [0.05, 0.1) is 22.4 Å². The van der Waals surface area contributed by atoms with Crippen molar-refractivity contribution in [2.75, 3.05) is 18.1 Å². The van der Waals surface area contributed by atoms with Crippen LogP contribution in [0.3, 0.4) is 0 Å². The Balaban J connectivity index is 1.34. The number of sulfone groups is 1. The molecule has 1 saturated heterocycles. The molecule has 1 aromatic heterocycles. The van der Waals surface area contributed by atoms with Gasteiger partial charge in [-0.3, -0.25) is 19.3 Å². The van der Waals surface area contributed by atoms with E-state index in [2.05, 4.69) is 10.3 Å². The fraction of sp³-hybridized carbons (Fsp3) is 0.429. The molecule has 2 heterocycles. The molecule has 0 spiro atoms. The first-order valence-corrected chi connectivity index (χ1v) is 12.9. The van der Waals surface area contributed by atoms with Crippen LogP contribution >= 0.6 is 11.3 Å². The number of hydrogen-bond donors (Lipinski definition) is 1. The molecule has 2 atom stereocenters. The lowest BCUT2D eigenvalue weighted by atomic mass is 9.81. The summed E-state index contributed by atoms with van der Waals surface area (Å²) < 4.78 is 23.1. The van der Waals surface area contributed by atoms with Crippen molar-refractivity contribution in [3.63, 3.8) is 0 Å². The normalized spacial score (nSPS) is 21.3. The fourth-order valence-electron chi connectivity index (χ4n) is 4.18. The molecule has 0 radical (unpaired) electrons. The second-order valence-electron chi connectivity index (χ2n) is 7.96. The number of rotatable bonds is 6. The SMILES string of the molecule is CS(=O)(=O)c1ccc(-c2csc(NC(=O)CCN3C(=O)[C@H]4CCCC[C@H]4C3=O)n2)cc1. The first-order chi connectivity index (χ1) is 14.7. The maximum absolute atomic E-state index is 12.5. The zero-order valence-corrected chi connectivity index (χ0v) is 18.7. The molecule has 2 fully saturated rings. The molecule has 1 aromatic carbocycles. The smallest absolute Gasteiger partial charge is 0.233 e. The number of benzene rings is 1. The number of aromatic nitrogens is 1. The Morgan fingerprint density at radius 1 is 1.13 bits per heavy atom. The quantitative estimate of drug-likeness (QED) is 0.662. The van der Waals surface area contributed by atoms with E-state index in [-0.39, 0.29) is 47.4 Å². The van der Waals surface area contributed by atoms with Gasteiger partial charge in [0.15, 0.2) is 15.0 Å². The van der Waals surface area contributed by atoms with E-state index >= 15 is 0 Å². The minimum absolute atomic E-state index is 0.0227. The number of fused-ring (bicyclic) bond motifs is 1. The van der Waals surface area contributed by atoms with E-state index in [1.807, 2.05) is 0 Å². The van der Waals surface area contributed by atoms with Crippen molar-refractivity contribution >= 4 is 44.0 Å². The Kier molecular flexibility index (Phi) is 5.94. The van der Waals surface area contributed by atoms with E-state index in [0.717, 1.165) is 37.5 Å². The molecule has 0 bridgehead atoms. The van der Waals surface area contributed by atoms with Crippen LogP contribution in [0.5, 0.6) is 0 Å². The maximum Gasteiger partial charge on any atom is 0.233 e. The van der Waals surface area contributed by atoms with Crippen molar-refractivity contribution in [1.82, 2.24) is 9.88 Å². The van der Waals surface area contributed by atoms with Gasteiger partial charge in [0.2, 0.25) is 17.7 Å². The van der Waals surface area contributed by atoms with Crippen LogP contribution in [0, 0.1) is 11.8 Å².